The van der Waals surface area contributed by atoms with E-state index in [-0.39, 0.29) is 0 Å². The molecular formula is C17H24N4OS. The first kappa shape index (κ1) is 17.6. The fraction of sp³-hybridized carbons (Fsp3) is 0.471. The van der Waals surface area contributed by atoms with Crippen molar-refractivity contribution in [3.63, 3.8) is 0 Å². The summed E-state index contributed by atoms with van der Waals surface area (Å²) in [7, 11) is 2.13. The van der Waals surface area contributed by atoms with Crippen LogP contribution in [0.4, 0.5) is 0 Å². The van der Waals surface area contributed by atoms with Gasteiger partial charge in [-0.3, -0.25) is 4.98 Å². The smallest absolute Gasteiger partial charge is 0.253 e. The lowest BCUT2D eigenvalue weighted by molar-refractivity contribution is 0.298. The van der Waals surface area contributed by atoms with E-state index in [0.717, 1.165) is 44.7 Å². The van der Waals surface area contributed by atoms with E-state index >= 15 is 0 Å². The first-order valence-corrected chi connectivity index (χ1v) is 8.72. The summed E-state index contributed by atoms with van der Waals surface area (Å²) in [4.78, 5) is 6.08. The van der Waals surface area contributed by atoms with E-state index in [2.05, 4.69) is 38.7 Å². The van der Waals surface area contributed by atoms with Gasteiger partial charge in [-0.05, 0) is 37.6 Å². The molecule has 0 saturated carbocycles. The molecule has 0 atom stereocenters. The fourth-order valence-corrected chi connectivity index (χ4v) is 2.69. The van der Waals surface area contributed by atoms with E-state index in [4.69, 9.17) is 4.74 Å². The molecule has 3 heterocycles. The van der Waals surface area contributed by atoms with Crippen LogP contribution in [-0.2, 0) is 0 Å². The van der Waals surface area contributed by atoms with Crippen LogP contribution < -0.4 is 4.74 Å². The van der Waals surface area contributed by atoms with Crippen molar-refractivity contribution in [2.75, 3.05) is 26.7 Å². The molecule has 0 bridgehead atoms. The number of pyridine rings is 1. The first-order chi connectivity index (χ1) is 11.3. The third kappa shape index (κ3) is 6.08. The van der Waals surface area contributed by atoms with Gasteiger partial charge in [0.25, 0.3) is 5.88 Å². The summed E-state index contributed by atoms with van der Waals surface area (Å²) in [6.07, 6.45) is 9.04. The average molecular weight is 332 g/mol. The number of unbranched alkanes of at least 4 members (excludes halogenated alkanes) is 1. The maximum absolute atomic E-state index is 5.68. The molecule has 2 aromatic heterocycles. The van der Waals surface area contributed by atoms with Crippen LogP contribution in [0.2, 0.25) is 0 Å². The van der Waals surface area contributed by atoms with E-state index in [1.807, 2.05) is 18.2 Å². The van der Waals surface area contributed by atoms with Crippen LogP contribution in [0, 0.1) is 0 Å². The predicted molar refractivity (Wildman–Crippen MR) is 94.6 cm³/mol. The predicted octanol–water partition coefficient (Wildman–Crippen LogP) is 3.52. The van der Waals surface area contributed by atoms with E-state index in [9.17, 15) is 0 Å². The third-order valence-corrected chi connectivity index (χ3v) is 3.92. The molecule has 1 aliphatic heterocycles. The second kappa shape index (κ2) is 10.1. The monoisotopic (exact) mass is 332 g/mol. The lowest BCUT2D eigenvalue weighted by Gasteiger charge is -2.22. The molecule has 3 rings (SSSR count). The van der Waals surface area contributed by atoms with E-state index in [0.29, 0.717) is 5.88 Å². The molecule has 0 unspecified atom stereocenters. The van der Waals surface area contributed by atoms with Gasteiger partial charge in [0.15, 0.2) is 0 Å². The third-order valence-electron chi connectivity index (χ3n) is 3.41. The highest BCUT2D eigenvalue weighted by molar-refractivity contribution is 6.99. The topological polar surface area (TPSA) is 51.1 Å². The highest BCUT2D eigenvalue weighted by atomic mass is 32.1. The normalized spacial score (nSPS) is 14.6. The van der Waals surface area contributed by atoms with Gasteiger partial charge < -0.3 is 9.64 Å². The number of likely N-dealkylation sites (N-methyl/N-ethyl adjacent to an activating group) is 1. The quantitative estimate of drug-likeness (QED) is 0.784. The van der Waals surface area contributed by atoms with Crippen molar-refractivity contribution in [2.45, 2.75) is 26.2 Å². The van der Waals surface area contributed by atoms with Crippen LogP contribution in [0.15, 0.2) is 36.7 Å². The van der Waals surface area contributed by atoms with Crippen LogP contribution >= 0.6 is 11.7 Å². The lowest BCUT2D eigenvalue weighted by atomic mass is 10.1. The SMILES string of the molecule is CCCCOc1nsnc1C1=CCCN(C)C1.c1ccncc1. The zero-order valence-corrected chi connectivity index (χ0v) is 14.6. The number of hydrogen-bond acceptors (Lipinski definition) is 6. The molecule has 124 valence electrons. The summed E-state index contributed by atoms with van der Waals surface area (Å²) in [5, 5.41) is 0. The highest BCUT2D eigenvalue weighted by Crippen LogP contribution is 2.26. The molecular weight excluding hydrogens is 308 g/mol. The average Bonchev–Trinajstić information content (AvgIpc) is 3.06. The molecule has 0 N–H and O–H groups in total. The summed E-state index contributed by atoms with van der Waals surface area (Å²) in [6, 6.07) is 5.72. The van der Waals surface area contributed by atoms with Gasteiger partial charge in [-0.1, -0.05) is 25.5 Å². The van der Waals surface area contributed by atoms with Gasteiger partial charge in [-0.2, -0.15) is 4.37 Å². The maximum atomic E-state index is 5.68. The minimum atomic E-state index is 0.713. The van der Waals surface area contributed by atoms with Gasteiger partial charge in [0, 0.05) is 25.5 Å². The summed E-state index contributed by atoms with van der Waals surface area (Å²) in [5.74, 6) is 0.713. The van der Waals surface area contributed by atoms with Crippen LogP contribution in [0.5, 0.6) is 5.88 Å². The first-order valence-electron chi connectivity index (χ1n) is 7.99. The molecule has 0 fully saturated rings. The Morgan fingerprint density at radius 1 is 1.22 bits per heavy atom. The van der Waals surface area contributed by atoms with E-state index < -0.39 is 0 Å². The molecule has 23 heavy (non-hydrogen) atoms. The van der Waals surface area contributed by atoms with Gasteiger partial charge >= 0.3 is 0 Å². The summed E-state index contributed by atoms with van der Waals surface area (Å²) < 4.78 is 14.3. The maximum Gasteiger partial charge on any atom is 0.253 e. The lowest BCUT2D eigenvalue weighted by Crippen LogP contribution is -2.25. The Balaban J connectivity index is 0.000000268. The molecule has 0 aliphatic carbocycles. The Bertz CT molecular complexity index is 559. The molecule has 0 spiro atoms. The number of rotatable bonds is 5. The number of nitrogens with zero attached hydrogens (tertiary/aromatic N) is 4. The van der Waals surface area contributed by atoms with Crippen molar-refractivity contribution in [1.82, 2.24) is 18.6 Å². The molecule has 0 saturated heterocycles. The Morgan fingerprint density at radius 3 is 2.65 bits per heavy atom. The Labute approximate surface area is 142 Å². The van der Waals surface area contributed by atoms with Gasteiger partial charge in [0.05, 0.1) is 18.3 Å². The van der Waals surface area contributed by atoms with Gasteiger partial charge in [0.1, 0.15) is 5.69 Å². The molecule has 1 aliphatic rings. The zero-order valence-electron chi connectivity index (χ0n) is 13.8. The molecule has 0 aromatic carbocycles. The summed E-state index contributed by atoms with van der Waals surface area (Å²) in [5.41, 5.74) is 2.19. The number of hydrogen-bond donors (Lipinski definition) is 0. The van der Waals surface area contributed by atoms with E-state index in [1.54, 1.807) is 12.4 Å². The van der Waals surface area contributed by atoms with Crippen LogP contribution in [0.3, 0.4) is 0 Å². The van der Waals surface area contributed by atoms with Crippen molar-refractivity contribution >= 4 is 17.3 Å². The van der Waals surface area contributed by atoms with Crippen LogP contribution in [-0.4, -0.2) is 45.4 Å². The Hall–Kier alpha value is -1.79. The number of aromatic nitrogens is 3. The second-order valence-corrected chi connectivity index (χ2v) is 5.93. The molecule has 5 nitrogen and oxygen atoms in total. The molecule has 2 aromatic rings. The number of ether oxygens (including phenoxy) is 1. The van der Waals surface area contributed by atoms with Crippen LogP contribution in [0.25, 0.3) is 5.57 Å². The van der Waals surface area contributed by atoms with Gasteiger partial charge in [-0.25, -0.2) is 0 Å². The van der Waals surface area contributed by atoms with Crippen molar-refractivity contribution in [3.05, 3.63) is 42.4 Å². The van der Waals surface area contributed by atoms with Crippen LogP contribution in [0.1, 0.15) is 31.9 Å². The summed E-state index contributed by atoms with van der Waals surface area (Å²) >= 11 is 1.23. The van der Waals surface area contributed by atoms with Gasteiger partial charge in [0.2, 0.25) is 0 Å². The summed E-state index contributed by atoms with van der Waals surface area (Å²) in [6.45, 7) is 4.95. The van der Waals surface area contributed by atoms with Crippen molar-refractivity contribution < 1.29 is 4.74 Å². The zero-order chi connectivity index (χ0) is 16.3. The largest absolute Gasteiger partial charge is 0.475 e. The minimum absolute atomic E-state index is 0.713. The van der Waals surface area contributed by atoms with E-state index in [1.165, 1.54) is 17.3 Å². The Morgan fingerprint density at radius 2 is 2.04 bits per heavy atom. The molecule has 0 radical (unpaired) electrons. The van der Waals surface area contributed by atoms with Crippen molar-refractivity contribution in [3.8, 4) is 5.88 Å². The van der Waals surface area contributed by atoms with Gasteiger partial charge in [-0.15, -0.1) is 4.37 Å². The highest BCUT2D eigenvalue weighted by Gasteiger charge is 2.18. The standard InChI is InChI=1S/C12H19N3OS.C5H5N/c1-3-4-8-16-12-11(13-17-14-12)10-6-5-7-15(2)9-10;1-2-4-6-5-3-1/h6H,3-5,7-9H2,1-2H3;1-5H. The molecule has 0 amide bonds. The van der Waals surface area contributed by atoms with Crippen molar-refractivity contribution in [1.29, 1.82) is 0 Å². The minimum Gasteiger partial charge on any atom is -0.475 e. The second-order valence-electron chi connectivity index (χ2n) is 5.40. The fourth-order valence-electron chi connectivity index (χ4n) is 2.16. The molecule has 6 heteroatoms. The Kier molecular flexibility index (Phi) is 7.69. The van der Waals surface area contributed by atoms with Crippen molar-refractivity contribution in [2.24, 2.45) is 0 Å².